The van der Waals surface area contributed by atoms with E-state index in [0.717, 1.165) is 31.3 Å². The van der Waals surface area contributed by atoms with Crippen LogP contribution in [0.4, 0.5) is 18.9 Å². The number of pyridine rings is 2. The van der Waals surface area contributed by atoms with Gasteiger partial charge in [0.05, 0.1) is 6.61 Å². The molecular formula is C24H31F3N4O3. The first-order valence-corrected chi connectivity index (χ1v) is 10.8. The van der Waals surface area contributed by atoms with Crippen LogP contribution in [0.5, 0.6) is 5.75 Å². The van der Waals surface area contributed by atoms with E-state index in [1.165, 1.54) is 18.9 Å². The Hall–Kier alpha value is -3.40. The average molecular weight is 481 g/mol. The molecule has 4 heterocycles. The molecule has 1 amide bonds. The Balaban J connectivity index is 0.000000522. The molecule has 3 aromatic rings. The number of amides is 1. The lowest BCUT2D eigenvalue weighted by Crippen LogP contribution is -2.17. The Morgan fingerprint density at radius 2 is 2.12 bits per heavy atom. The topological polar surface area (TPSA) is 77.8 Å². The second-order valence-electron chi connectivity index (χ2n) is 7.17. The number of rotatable bonds is 5. The Morgan fingerprint density at radius 3 is 2.71 bits per heavy atom. The molecule has 0 spiro atoms. The van der Waals surface area contributed by atoms with Crippen molar-refractivity contribution in [2.45, 2.75) is 32.9 Å². The summed E-state index contributed by atoms with van der Waals surface area (Å²) < 4.78 is 50.5. The molecule has 1 saturated heterocycles. The smallest absolute Gasteiger partial charge is 0.433 e. The monoisotopic (exact) mass is 480 g/mol. The van der Waals surface area contributed by atoms with Gasteiger partial charge in [-0.2, -0.15) is 13.2 Å². The van der Waals surface area contributed by atoms with Gasteiger partial charge in [-0.05, 0) is 31.4 Å². The van der Waals surface area contributed by atoms with Crippen LogP contribution in [0.2, 0.25) is 0 Å². The van der Waals surface area contributed by atoms with Crippen molar-refractivity contribution >= 4 is 17.2 Å². The van der Waals surface area contributed by atoms with E-state index in [1.54, 1.807) is 36.0 Å². The van der Waals surface area contributed by atoms with Crippen molar-refractivity contribution in [2.24, 2.45) is 5.92 Å². The summed E-state index contributed by atoms with van der Waals surface area (Å²) in [6.07, 6.45) is 2.77. The number of carbonyl (C=O) groups is 1. The standard InChI is InChI=1S/C16H13F3N4O2.C6H12O.C2H4.H2/c1-2-25-12-8-14-20-6-7-23(14)9-11(12)22-15(24)10-4-3-5-13(21-10)16(17,18)19;1-2-6-3-4-7-5-6;1-2;/h3-9H,2H2,1H3,(H,22,24);6H,2-5H2,1H3;1-2H2;1H/t;6-;;/m.0../s1. The van der Waals surface area contributed by atoms with E-state index in [2.05, 4.69) is 35.4 Å². The van der Waals surface area contributed by atoms with E-state index in [-0.39, 0.29) is 7.12 Å². The highest BCUT2D eigenvalue weighted by atomic mass is 19.4. The van der Waals surface area contributed by atoms with E-state index in [4.69, 9.17) is 9.47 Å². The third-order valence-corrected chi connectivity index (χ3v) is 4.91. The fourth-order valence-electron chi connectivity index (χ4n) is 3.12. The van der Waals surface area contributed by atoms with E-state index in [9.17, 15) is 18.0 Å². The van der Waals surface area contributed by atoms with Gasteiger partial charge in [-0.1, -0.05) is 19.4 Å². The SMILES string of the molecule is C=C.CCOc1cc2nccn2cc1NC(=O)c1cccc(C(F)(F)F)n1.CC[C@H]1CCOC1.[HH]. The zero-order chi connectivity index (χ0) is 25.1. The number of hydrogen-bond acceptors (Lipinski definition) is 5. The molecule has 0 aliphatic carbocycles. The molecule has 3 aromatic heterocycles. The normalized spacial score (nSPS) is 15.0. The third-order valence-electron chi connectivity index (χ3n) is 4.91. The average Bonchev–Trinajstić information content (AvgIpc) is 3.52. The lowest BCUT2D eigenvalue weighted by atomic mass is 10.1. The van der Waals surface area contributed by atoms with Crippen LogP contribution >= 0.6 is 0 Å². The number of nitrogens with zero attached hydrogens (tertiary/aromatic N) is 3. The van der Waals surface area contributed by atoms with E-state index < -0.39 is 17.8 Å². The number of carbonyl (C=O) groups excluding carboxylic acids is 1. The Labute approximate surface area is 198 Å². The number of ether oxygens (including phenoxy) is 2. The quantitative estimate of drug-likeness (QED) is 0.462. The lowest BCUT2D eigenvalue weighted by molar-refractivity contribution is -0.141. The maximum absolute atomic E-state index is 12.7. The van der Waals surface area contributed by atoms with Gasteiger partial charge in [0.15, 0.2) is 0 Å². The molecule has 0 bridgehead atoms. The molecule has 4 rings (SSSR count). The van der Waals surface area contributed by atoms with Crippen molar-refractivity contribution in [3.05, 3.63) is 67.4 Å². The molecule has 34 heavy (non-hydrogen) atoms. The minimum Gasteiger partial charge on any atom is -0.491 e. The summed E-state index contributed by atoms with van der Waals surface area (Å²) in [6.45, 7) is 12.4. The van der Waals surface area contributed by atoms with Gasteiger partial charge in [-0.3, -0.25) is 4.79 Å². The van der Waals surface area contributed by atoms with E-state index in [0.29, 0.717) is 23.7 Å². The predicted molar refractivity (Wildman–Crippen MR) is 126 cm³/mol. The molecule has 0 radical (unpaired) electrons. The van der Waals surface area contributed by atoms with Crippen LogP contribution in [0.25, 0.3) is 5.65 Å². The van der Waals surface area contributed by atoms with Gasteiger partial charge >= 0.3 is 6.18 Å². The molecule has 186 valence electrons. The predicted octanol–water partition coefficient (Wildman–Crippen LogP) is 5.88. The minimum absolute atomic E-state index is 0. The van der Waals surface area contributed by atoms with Crippen molar-refractivity contribution in [1.29, 1.82) is 0 Å². The first kappa shape index (κ1) is 26.8. The van der Waals surface area contributed by atoms with Crippen LogP contribution in [-0.2, 0) is 10.9 Å². The van der Waals surface area contributed by atoms with Gasteiger partial charge in [0.2, 0.25) is 0 Å². The zero-order valence-electron chi connectivity index (χ0n) is 19.3. The first-order chi connectivity index (χ1) is 16.3. The zero-order valence-corrected chi connectivity index (χ0v) is 19.3. The number of aromatic nitrogens is 3. The number of fused-ring (bicyclic) bond motifs is 1. The summed E-state index contributed by atoms with van der Waals surface area (Å²) >= 11 is 0. The van der Waals surface area contributed by atoms with Crippen molar-refractivity contribution in [3.63, 3.8) is 0 Å². The van der Waals surface area contributed by atoms with Gasteiger partial charge in [-0.25, -0.2) is 9.97 Å². The molecule has 1 aliphatic heterocycles. The molecule has 1 N–H and O–H groups in total. The number of hydrogen-bond donors (Lipinski definition) is 1. The summed E-state index contributed by atoms with van der Waals surface area (Å²) in [5, 5.41) is 2.53. The second kappa shape index (κ2) is 12.7. The van der Waals surface area contributed by atoms with Crippen LogP contribution in [0.1, 0.15) is 44.3 Å². The second-order valence-corrected chi connectivity index (χ2v) is 7.17. The van der Waals surface area contributed by atoms with Gasteiger partial charge in [0.25, 0.3) is 5.91 Å². The number of anilines is 1. The Kier molecular flexibility index (Phi) is 10.1. The van der Waals surface area contributed by atoms with Crippen LogP contribution in [0, 0.1) is 5.92 Å². The van der Waals surface area contributed by atoms with Crippen molar-refractivity contribution < 1.29 is 28.9 Å². The van der Waals surface area contributed by atoms with Crippen LogP contribution in [-0.4, -0.2) is 40.1 Å². The molecule has 0 aromatic carbocycles. The molecule has 1 atom stereocenters. The molecule has 10 heteroatoms. The highest BCUT2D eigenvalue weighted by Gasteiger charge is 2.33. The van der Waals surface area contributed by atoms with Crippen molar-refractivity contribution in [3.8, 4) is 5.75 Å². The number of imidazole rings is 1. The summed E-state index contributed by atoms with van der Waals surface area (Å²) in [4.78, 5) is 19.8. The summed E-state index contributed by atoms with van der Waals surface area (Å²) in [5.41, 5.74) is -0.562. The number of alkyl halides is 3. The third kappa shape index (κ3) is 7.31. The Morgan fingerprint density at radius 1 is 1.35 bits per heavy atom. The van der Waals surface area contributed by atoms with Gasteiger partial charge < -0.3 is 19.2 Å². The van der Waals surface area contributed by atoms with Crippen LogP contribution in [0.3, 0.4) is 0 Å². The number of nitrogens with one attached hydrogen (secondary N) is 1. The fraction of sp³-hybridized carbons (Fsp3) is 0.375. The fourth-order valence-corrected chi connectivity index (χ4v) is 3.12. The summed E-state index contributed by atoms with van der Waals surface area (Å²) in [6, 6.07) is 4.77. The number of halogens is 3. The largest absolute Gasteiger partial charge is 0.491 e. The van der Waals surface area contributed by atoms with Crippen LogP contribution < -0.4 is 10.1 Å². The molecule has 0 saturated carbocycles. The highest BCUT2D eigenvalue weighted by molar-refractivity contribution is 6.03. The van der Waals surface area contributed by atoms with Gasteiger partial charge in [-0.15, -0.1) is 13.2 Å². The minimum atomic E-state index is -4.62. The summed E-state index contributed by atoms with van der Waals surface area (Å²) in [7, 11) is 0. The van der Waals surface area contributed by atoms with Gasteiger partial charge in [0.1, 0.15) is 28.5 Å². The maximum Gasteiger partial charge on any atom is 0.433 e. The van der Waals surface area contributed by atoms with Crippen molar-refractivity contribution in [2.75, 3.05) is 25.1 Å². The summed E-state index contributed by atoms with van der Waals surface area (Å²) in [5.74, 6) is 0.466. The molecule has 0 unspecified atom stereocenters. The van der Waals surface area contributed by atoms with Gasteiger partial charge in [0, 0.05) is 39.3 Å². The van der Waals surface area contributed by atoms with E-state index in [1.807, 2.05) is 0 Å². The first-order valence-electron chi connectivity index (χ1n) is 10.8. The van der Waals surface area contributed by atoms with Crippen molar-refractivity contribution in [1.82, 2.24) is 14.4 Å². The maximum atomic E-state index is 12.7. The van der Waals surface area contributed by atoms with Crippen LogP contribution in [0.15, 0.2) is 56.0 Å². The Bertz CT molecular complexity index is 1070. The lowest BCUT2D eigenvalue weighted by Gasteiger charge is -2.12. The molecule has 1 aliphatic rings. The van der Waals surface area contributed by atoms with E-state index >= 15 is 0 Å². The molecular weight excluding hydrogens is 449 g/mol. The highest BCUT2D eigenvalue weighted by Crippen LogP contribution is 2.29. The molecule has 7 nitrogen and oxygen atoms in total. The molecule has 1 fully saturated rings.